The molecule has 0 bridgehead atoms. The summed E-state index contributed by atoms with van der Waals surface area (Å²) in [6.07, 6.45) is 4.75. The summed E-state index contributed by atoms with van der Waals surface area (Å²) in [6.45, 7) is 3.19. The number of hydrogen-bond acceptors (Lipinski definition) is 5. The van der Waals surface area contributed by atoms with Crippen LogP contribution >= 0.6 is 11.8 Å². The smallest absolute Gasteiger partial charge is 0.243 e. The van der Waals surface area contributed by atoms with Crippen molar-refractivity contribution in [2.75, 3.05) is 31.7 Å². The standard InChI is InChI=1S/C21H31N3O3S/c1-3-4-15-28-16-5-13-22-20(25)12-14-24-21(26)11-10-19(23-24)17-6-8-18(27-2)9-7-17/h6-9H,3-5,10-16H2,1-2H3,(H,22,25). The van der Waals surface area contributed by atoms with E-state index in [2.05, 4.69) is 17.3 Å². The number of nitrogens with zero attached hydrogens (tertiary/aromatic N) is 2. The van der Waals surface area contributed by atoms with E-state index in [1.807, 2.05) is 36.0 Å². The Morgan fingerprint density at radius 3 is 2.68 bits per heavy atom. The predicted octanol–water partition coefficient (Wildman–Crippen LogP) is 3.45. The summed E-state index contributed by atoms with van der Waals surface area (Å²) in [5, 5.41) is 8.84. The minimum Gasteiger partial charge on any atom is -0.497 e. The van der Waals surface area contributed by atoms with Gasteiger partial charge in [0.1, 0.15) is 5.75 Å². The number of amides is 2. The molecule has 0 saturated carbocycles. The van der Waals surface area contributed by atoms with Gasteiger partial charge in [0.25, 0.3) is 0 Å². The second-order valence-electron chi connectivity index (χ2n) is 6.71. The summed E-state index contributed by atoms with van der Waals surface area (Å²) in [7, 11) is 1.63. The van der Waals surface area contributed by atoms with E-state index in [1.54, 1.807) is 7.11 Å². The summed E-state index contributed by atoms with van der Waals surface area (Å²) in [5.74, 6) is 2.99. The van der Waals surface area contributed by atoms with Crippen molar-refractivity contribution in [2.24, 2.45) is 5.10 Å². The molecule has 0 spiro atoms. The number of hydrazone groups is 1. The highest BCUT2D eigenvalue weighted by molar-refractivity contribution is 7.99. The first-order valence-corrected chi connectivity index (χ1v) is 11.2. The van der Waals surface area contributed by atoms with Gasteiger partial charge in [-0.2, -0.15) is 16.9 Å². The van der Waals surface area contributed by atoms with E-state index in [0.717, 1.165) is 29.2 Å². The Bertz CT molecular complexity index is 661. The fourth-order valence-corrected chi connectivity index (χ4v) is 3.86. The van der Waals surface area contributed by atoms with Crippen LogP contribution in [0, 0.1) is 0 Å². The highest BCUT2D eigenvalue weighted by atomic mass is 32.2. The number of unbranched alkanes of at least 4 members (excludes halogenated alkanes) is 1. The maximum Gasteiger partial charge on any atom is 0.243 e. The molecule has 0 saturated heterocycles. The highest BCUT2D eigenvalue weighted by Gasteiger charge is 2.21. The van der Waals surface area contributed by atoms with Crippen LogP contribution in [0.4, 0.5) is 0 Å². The summed E-state index contributed by atoms with van der Waals surface area (Å²) in [6, 6.07) is 7.65. The van der Waals surface area contributed by atoms with Gasteiger partial charge in [-0.3, -0.25) is 9.59 Å². The molecular weight excluding hydrogens is 374 g/mol. The Labute approximate surface area is 172 Å². The third kappa shape index (κ3) is 7.54. The van der Waals surface area contributed by atoms with E-state index >= 15 is 0 Å². The van der Waals surface area contributed by atoms with Crippen molar-refractivity contribution in [2.45, 2.75) is 45.4 Å². The molecule has 154 valence electrons. The van der Waals surface area contributed by atoms with Gasteiger partial charge in [0, 0.05) is 25.8 Å². The molecule has 0 atom stereocenters. The maximum absolute atomic E-state index is 12.1. The number of carbonyl (C=O) groups is 2. The van der Waals surface area contributed by atoms with Crippen molar-refractivity contribution in [1.82, 2.24) is 10.3 Å². The Morgan fingerprint density at radius 1 is 1.21 bits per heavy atom. The van der Waals surface area contributed by atoms with Crippen molar-refractivity contribution in [3.63, 3.8) is 0 Å². The fraction of sp³-hybridized carbons (Fsp3) is 0.571. The summed E-state index contributed by atoms with van der Waals surface area (Å²) in [5.41, 5.74) is 1.84. The lowest BCUT2D eigenvalue weighted by molar-refractivity contribution is -0.132. The van der Waals surface area contributed by atoms with E-state index in [9.17, 15) is 9.59 Å². The fourth-order valence-electron chi connectivity index (χ4n) is 2.81. The lowest BCUT2D eigenvalue weighted by Crippen LogP contribution is -2.35. The van der Waals surface area contributed by atoms with Crippen LogP contribution in [0.2, 0.25) is 0 Å². The van der Waals surface area contributed by atoms with Crippen molar-refractivity contribution >= 4 is 29.3 Å². The van der Waals surface area contributed by atoms with Gasteiger partial charge >= 0.3 is 0 Å². The van der Waals surface area contributed by atoms with Gasteiger partial charge in [-0.05, 0) is 54.2 Å². The van der Waals surface area contributed by atoms with Gasteiger partial charge in [-0.25, -0.2) is 5.01 Å². The number of rotatable bonds is 12. The third-order valence-electron chi connectivity index (χ3n) is 4.51. The second-order valence-corrected chi connectivity index (χ2v) is 7.94. The molecule has 1 N–H and O–H groups in total. The molecular formula is C21H31N3O3S. The van der Waals surface area contributed by atoms with Crippen molar-refractivity contribution in [3.05, 3.63) is 29.8 Å². The highest BCUT2D eigenvalue weighted by Crippen LogP contribution is 2.18. The van der Waals surface area contributed by atoms with Crippen LogP contribution in [0.5, 0.6) is 5.75 Å². The van der Waals surface area contributed by atoms with Crippen molar-refractivity contribution in [3.8, 4) is 5.75 Å². The molecule has 1 aromatic carbocycles. The molecule has 0 aliphatic carbocycles. The normalized spacial score (nSPS) is 14.0. The first kappa shape index (κ1) is 22.3. The summed E-state index contributed by atoms with van der Waals surface area (Å²) in [4.78, 5) is 24.2. The molecule has 0 aromatic heterocycles. The van der Waals surface area contributed by atoms with Crippen LogP contribution in [0.15, 0.2) is 29.4 Å². The molecule has 7 heteroatoms. The van der Waals surface area contributed by atoms with Crippen LogP contribution in [0.25, 0.3) is 0 Å². The number of ether oxygens (including phenoxy) is 1. The summed E-state index contributed by atoms with van der Waals surface area (Å²) >= 11 is 1.94. The number of carbonyl (C=O) groups excluding carboxylic acids is 2. The Morgan fingerprint density at radius 2 is 1.96 bits per heavy atom. The van der Waals surface area contributed by atoms with Gasteiger partial charge < -0.3 is 10.1 Å². The zero-order chi connectivity index (χ0) is 20.2. The molecule has 1 aliphatic rings. The van der Waals surface area contributed by atoms with Gasteiger partial charge in [0.05, 0.1) is 19.4 Å². The van der Waals surface area contributed by atoms with E-state index in [0.29, 0.717) is 25.9 Å². The molecule has 0 fully saturated rings. The molecule has 0 unspecified atom stereocenters. The van der Waals surface area contributed by atoms with E-state index < -0.39 is 0 Å². The van der Waals surface area contributed by atoms with Gasteiger partial charge in [0.2, 0.25) is 11.8 Å². The largest absolute Gasteiger partial charge is 0.497 e. The minimum atomic E-state index is -0.0302. The molecule has 0 radical (unpaired) electrons. The van der Waals surface area contributed by atoms with Crippen LogP contribution in [-0.2, 0) is 9.59 Å². The number of methoxy groups -OCH3 is 1. The molecule has 1 heterocycles. The first-order valence-electron chi connectivity index (χ1n) is 10.0. The number of hydrogen-bond donors (Lipinski definition) is 1. The zero-order valence-electron chi connectivity index (χ0n) is 16.9. The number of nitrogens with one attached hydrogen (secondary N) is 1. The zero-order valence-corrected chi connectivity index (χ0v) is 17.7. The van der Waals surface area contributed by atoms with Crippen molar-refractivity contribution in [1.29, 1.82) is 0 Å². The molecule has 2 amide bonds. The molecule has 6 nitrogen and oxygen atoms in total. The van der Waals surface area contributed by atoms with E-state index in [4.69, 9.17) is 4.74 Å². The SMILES string of the molecule is CCCCSCCCNC(=O)CCN1N=C(c2ccc(OC)cc2)CCC1=O. The van der Waals surface area contributed by atoms with Crippen LogP contribution in [-0.4, -0.2) is 54.2 Å². The Balaban J connectivity index is 1.75. The molecule has 1 aliphatic heterocycles. The van der Waals surface area contributed by atoms with Crippen molar-refractivity contribution < 1.29 is 14.3 Å². The lowest BCUT2D eigenvalue weighted by Gasteiger charge is -2.23. The van der Waals surface area contributed by atoms with E-state index in [1.165, 1.54) is 23.6 Å². The van der Waals surface area contributed by atoms with Crippen LogP contribution < -0.4 is 10.1 Å². The topological polar surface area (TPSA) is 71.0 Å². The monoisotopic (exact) mass is 405 g/mol. The van der Waals surface area contributed by atoms with Gasteiger partial charge in [-0.15, -0.1) is 0 Å². The second kappa shape index (κ2) is 12.4. The average molecular weight is 406 g/mol. The van der Waals surface area contributed by atoms with Crippen LogP contribution in [0.3, 0.4) is 0 Å². The Kier molecular flexibility index (Phi) is 9.90. The average Bonchev–Trinajstić information content (AvgIpc) is 2.72. The minimum absolute atomic E-state index is 0.0295. The van der Waals surface area contributed by atoms with Gasteiger partial charge in [-0.1, -0.05) is 13.3 Å². The van der Waals surface area contributed by atoms with Gasteiger partial charge in [0.15, 0.2) is 0 Å². The lowest BCUT2D eigenvalue weighted by atomic mass is 10.0. The maximum atomic E-state index is 12.1. The summed E-state index contributed by atoms with van der Waals surface area (Å²) < 4.78 is 5.17. The quantitative estimate of drug-likeness (QED) is 0.541. The predicted molar refractivity (Wildman–Crippen MR) is 115 cm³/mol. The van der Waals surface area contributed by atoms with E-state index in [-0.39, 0.29) is 18.2 Å². The Hall–Kier alpha value is -2.02. The third-order valence-corrected chi connectivity index (χ3v) is 5.66. The number of benzene rings is 1. The molecule has 2 rings (SSSR count). The number of thioether (sulfide) groups is 1. The first-order chi connectivity index (χ1) is 13.6. The van der Waals surface area contributed by atoms with Crippen LogP contribution in [0.1, 0.15) is 51.0 Å². The molecule has 1 aromatic rings. The molecule has 28 heavy (non-hydrogen) atoms.